The van der Waals surface area contributed by atoms with Crippen LogP contribution in [0.4, 0.5) is 23.2 Å². The van der Waals surface area contributed by atoms with E-state index in [2.05, 4.69) is 28.7 Å². The highest BCUT2D eigenvalue weighted by molar-refractivity contribution is 7.97. The summed E-state index contributed by atoms with van der Waals surface area (Å²) in [7, 11) is 0. The van der Waals surface area contributed by atoms with E-state index in [9.17, 15) is 17.6 Å². The number of benzene rings is 3. The molecule has 0 radical (unpaired) electrons. The van der Waals surface area contributed by atoms with Gasteiger partial charge >= 0.3 is 6.18 Å². The second-order valence-electron chi connectivity index (χ2n) is 9.77. The van der Waals surface area contributed by atoms with E-state index in [0.717, 1.165) is 34.6 Å². The third-order valence-electron chi connectivity index (χ3n) is 6.93. The van der Waals surface area contributed by atoms with Gasteiger partial charge in [-0.2, -0.15) is 13.2 Å². The lowest BCUT2D eigenvalue weighted by Crippen LogP contribution is -2.47. The highest BCUT2D eigenvalue weighted by Crippen LogP contribution is 2.40. The Morgan fingerprint density at radius 3 is 2.41 bits per heavy atom. The van der Waals surface area contributed by atoms with E-state index in [-0.39, 0.29) is 18.8 Å². The van der Waals surface area contributed by atoms with Crippen molar-refractivity contribution in [2.45, 2.75) is 50.2 Å². The molecular weight excluding hydrogens is 520 g/mol. The van der Waals surface area contributed by atoms with E-state index >= 15 is 0 Å². The summed E-state index contributed by atoms with van der Waals surface area (Å²) in [6.45, 7) is 4.79. The molecule has 0 fully saturated rings. The fourth-order valence-corrected chi connectivity index (χ4v) is 5.80. The lowest BCUT2D eigenvalue weighted by molar-refractivity contribution is -0.179. The zero-order valence-electron chi connectivity index (χ0n) is 22.2. The van der Waals surface area contributed by atoms with E-state index in [4.69, 9.17) is 0 Å². The first-order chi connectivity index (χ1) is 18.8. The summed E-state index contributed by atoms with van der Waals surface area (Å²) in [5.74, 6) is -1.92. The molecule has 0 saturated carbocycles. The van der Waals surface area contributed by atoms with Gasteiger partial charge in [0.1, 0.15) is 5.82 Å². The van der Waals surface area contributed by atoms with E-state index in [1.54, 1.807) is 12.1 Å². The summed E-state index contributed by atoms with van der Waals surface area (Å²) in [5.41, 5.74) is 4.18. The summed E-state index contributed by atoms with van der Waals surface area (Å²) in [5, 5.41) is 0. The molecule has 0 aromatic heterocycles. The molecule has 1 N–H and O–H groups in total. The molecule has 3 aromatic rings. The number of alkyl halides is 3. The van der Waals surface area contributed by atoms with Crippen LogP contribution in [0.5, 0.6) is 0 Å². The minimum Gasteiger partial charge on any atom is -0.366 e. The maximum absolute atomic E-state index is 14.6. The number of allylic oxidation sites excluding steroid dienone is 3. The van der Waals surface area contributed by atoms with Gasteiger partial charge < -0.3 is 4.90 Å². The molecule has 1 aliphatic heterocycles. The number of nitrogens with zero attached hydrogens (tertiary/aromatic N) is 1. The smallest absolute Gasteiger partial charge is 0.366 e. The second kappa shape index (κ2) is 13.4. The normalized spacial score (nSPS) is 18.3. The van der Waals surface area contributed by atoms with E-state index in [1.165, 1.54) is 29.7 Å². The van der Waals surface area contributed by atoms with Gasteiger partial charge in [-0.1, -0.05) is 67.1 Å². The second-order valence-corrected chi connectivity index (χ2v) is 10.7. The molecule has 0 spiro atoms. The number of hydrogen-bond acceptors (Lipinski definition) is 3. The fraction of sp³-hybridized carbons (Fsp3) is 0.312. The molecule has 0 amide bonds. The molecule has 7 heteroatoms. The number of rotatable bonds is 9. The quantitative estimate of drug-likeness (QED) is 0.161. The van der Waals surface area contributed by atoms with Crippen LogP contribution in [0.2, 0.25) is 0 Å². The van der Waals surface area contributed by atoms with E-state index in [0.29, 0.717) is 12.1 Å². The molecule has 3 aromatic carbocycles. The van der Waals surface area contributed by atoms with Crippen LogP contribution in [0.15, 0.2) is 101 Å². The Hall–Kier alpha value is -3.03. The average molecular weight is 555 g/mol. The maximum Gasteiger partial charge on any atom is 0.393 e. The number of nitrogens with one attached hydrogen (secondary N) is 1. The first-order valence-electron chi connectivity index (χ1n) is 13.3. The van der Waals surface area contributed by atoms with Crippen LogP contribution in [-0.4, -0.2) is 25.3 Å². The highest BCUT2D eigenvalue weighted by atomic mass is 32.2. The molecule has 2 atom stereocenters. The predicted octanol–water partition coefficient (Wildman–Crippen LogP) is 9.00. The van der Waals surface area contributed by atoms with Gasteiger partial charge in [0, 0.05) is 29.7 Å². The summed E-state index contributed by atoms with van der Waals surface area (Å²) in [4.78, 5) is 2.95. The number of fused-ring (bicyclic) bond motifs is 1. The van der Waals surface area contributed by atoms with Crippen molar-refractivity contribution in [1.82, 2.24) is 4.72 Å². The van der Waals surface area contributed by atoms with Crippen LogP contribution in [-0.2, 0) is 6.42 Å². The van der Waals surface area contributed by atoms with Crippen LogP contribution in [0, 0.1) is 11.7 Å². The predicted molar refractivity (Wildman–Crippen MR) is 154 cm³/mol. The van der Waals surface area contributed by atoms with Crippen LogP contribution in [0.25, 0.3) is 11.1 Å². The molecule has 0 saturated heterocycles. The fourth-order valence-electron chi connectivity index (χ4n) is 4.98. The SMILES string of the molecule is C/C=C\C/C(=C\CC)CN1CC(NSc2ccccc2)C(C(F)(F)F)Cc2cc(-c3ccc(F)cc3)ccc21. The standard InChI is InChI=1S/C32H34F4N2S/c1-3-5-10-23(9-4-2)21-38-22-30(37-39-28-11-7-6-8-12-28)29(32(34,35)36)20-26-19-25(15-18-31(26)38)24-13-16-27(33)17-14-24/h3,5-9,11-19,29-30,37H,4,10,20-22H2,1-2H3/b5-3-,23-9+. The first-order valence-corrected chi connectivity index (χ1v) is 14.1. The van der Waals surface area contributed by atoms with Crippen molar-refractivity contribution >= 4 is 17.6 Å². The zero-order chi connectivity index (χ0) is 27.8. The van der Waals surface area contributed by atoms with Crippen LogP contribution in [0.1, 0.15) is 32.3 Å². The third kappa shape index (κ3) is 7.76. The maximum atomic E-state index is 14.6. The molecule has 1 aliphatic rings. The zero-order valence-corrected chi connectivity index (χ0v) is 23.0. The van der Waals surface area contributed by atoms with Gasteiger partial charge in [0.2, 0.25) is 0 Å². The van der Waals surface area contributed by atoms with Gasteiger partial charge in [0.15, 0.2) is 0 Å². The van der Waals surface area contributed by atoms with Crippen LogP contribution in [0.3, 0.4) is 0 Å². The van der Waals surface area contributed by atoms with E-state index in [1.807, 2.05) is 61.5 Å². The Kier molecular flexibility index (Phi) is 9.92. The topological polar surface area (TPSA) is 15.3 Å². The molecule has 206 valence electrons. The lowest BCUT2D eigenvalue weighted by Gasteiger charge is -2.32. The summed E-state index contributed by atoms with van der Waals surface area (Å²) >= 11 is 1.24. The molecular formula is C32H34F4N2S. The third-order valence-corrected chi connectivity index (χ3v) is 7.86. The van der Waals surface area contributed by atoms with Crippen molar-refractivity contribution in [2.24, 2.45) is 5.92 Å². The Morgan fingerprint density at radius 1 is 1.03 bits per heavy atom. The van der Waals surface area contributed by atoms with Crippen molar-refractivity contribution < 1.29 is 17.6 Å². The van der Waals surface area contributed by atoms with Crippen molar-refractivity contribution in [1.29, 1.82) is 0 Å². The van der Waals surface area contributed by atoms with Gasteiger partial charge in [-0.25, -0.2) is 4.39 Å². The molecule has 0 bridgehead atoms. The molecule has 1 heterocycles. The van der Waals surface area contributed by atoms with Crippen molar-refractivity contribution in [3.8, 4) is 11.1 Å². The first kappa shape index (κ1) is 29.0. The number of halogens is 4. The summed E-state index contributed by atoms with van der Waals surface area (Å²) in [6.07, 6.45) is 3.32. The van der Waals surface area contributed by atoms with Crippen molar-refractivity contribution in [2.75, 3.05) is 18.0 Å². The van der Waals surface area contributed by atoms with E-state index < -0.39 is 18.1 Å². The Labute approximate surface area is 233 Å². The van der Waals surface area contributed by atoms with Gasteiger partial charge in [0.05, 0.1) is 5.92 Å². The highest BCUT2D eigenvalue weighted by Gasteiger charge is 2.47. The summed E-state index contributed by atoms with van der Waals surface area (Å²) < 4.78 is 60.5. The average Bonchev–Trinajstić information content (AvgIpc) is 3.08. The van der Waals surface area contributed by atoms with Gasteiger partial charge in [0.25, 0.3) is 0 Å². The van der Waals surface area contributed by atoms with Gasteiger partial charge in [-0.05, 0) is 91.2 Å². The largest absolute Gasteiger partial charge is 0.393 e. The molecule has 2 nitrogen and oxygen atoms in total. The van der Waals surface area contributed by atoms with Crippen molar-refractivity contribution in [3.05, 3.63) is 108 Å². The van der Waals surface area contributed by atoms with Gasteiger partial charge in [-0.15, -0.1) is 0 Å². The van der Waals surface area contributed by atoms with Gasteiger partial charge in [-0.3, -0.25) is 4.72 Å². The molecule has 0 aliphatic carbocycles. The Morgan fingerprint density at radius 2 is 1.74 bits per heavy atom. The molecule has 39 heavy (non-hydrogen) atoms. The molecule has 4 rings (SSSR count). The lowest BCUT2D eigenvalue weighted by atomic mass is 9.91. The molecule has 2 unspecified atom stereocenters. The minimum absolute atomic E-state index is 0.140. The Bertz CT molecular complexity index is 1270. The van der Waals surface area contributed by atoms with Crippen LogP contribution >= 0.6 is 11.9 Å². The number of anilines is 1. The summed E-state index contributed by atoms with van der Waals surface area (Å²) in [6, 6.07) is 20.3. The van der Waals surface area contributed by atoms with Crippen LogP contribution < -0.4 is 9.62 Å². The monoisotopic (exact) mass is 554 g/mol. The number of hydrogen-bond donors (Lipinski definition) is 1. The van der Waals surface area contributed by atoms with Crippen molar-refractivity contribution in [3.63, 3.8) is 0 Å². The Balaban J connectivity index is 1.74. The minimum atomic E-state index is -4.39.